The Morgan fingerprint density at radius 2 is 1.44 bits per heavy atom. The average Bonchev–Trinajstić information content (AvgIpc) is 3.31. The molecule has 1 N–H and O–H groups in total. The van der Waals surface area contributed by atoms with Crippen molar-refractivity contribution in [1.29, 1.82) is 0 Å². The zero-order valence-electron chi connectivity index (χ0n) is 19.1. The summed E-state index contributed by atoms with van der Waals surface area (Å²) >= 11 is 0. The number of nitrogens with one attached hydrogen (secondary N) is 1. The van der Waals surface area contributed by atoms with E-state index in [4.69, 9.17) is 0 Å². The monoisotopic (exact) mass is 450 g/mol. The second-order valence-electron chi connectivity index (χ2n) is 9.07. The van der Waals surface area contributed by atoms with Gasteiger partial charge in [-0.2, -0.15) is 0 Å². The van der Waals surface area contributed by atoms with E-state index in [1.54, 1.807) is 9.80 Å². The Bertz CT molecular complexity index is 1400. The number of anilines is 1. The molecule has 2 amide bonds. The van der Waals surface area contributed by atoms with E-state index in [9.17, 15) is 9.59 Å². The van der Waals surface area contributed by atoms with Gasteiger partial charge in [0.25, 0.3) is 0 Å². The molecule has 2 aliphatic rings. The van der Waals surface area contributed by atoms with Gasteiger partial charge in [-0.15, -0.1) is 0 Å². The summed E-state index contributed by atoms with van der Waals surface area (Å²) in [5.41, 5.74) is 5.83. The second-order valence-corrected chi connectivity index (χ2v) is 9.07. The van der Waals surface area contributed by atoms with Crippen LogP contribution in [0.5, 0.6) is 0 Å². The van der Waals surface area contributed by atoms with Gasteiger partial charge in [0.05, 0.1) is 11.7 Å². The van der Waals surface area contributed by atoms with Crippen molar-refractivity contribution in [2.75, 3.05) is 38.1 Å². The van der Waals surface area contributed by atoms with Crippen LogP contribution in [0, 0.1) is 0 Å². The van der Waals surface area contributed by atoms with Crippen molar-refractivity contribution in [3.05, 3.63) is 90.1 Å². The summed E-state index contributed by atoms with van der Waals surface area (Å²) in [4.78, 5) is 36.5. The number of benzene rings is 3. The number of nitrogens with zero attached hydrogens (tertiary/aromatic N) is 3. The molecule has 0 saturated carbocycles. The third kappa shape index (κ3) is 3.22. The molecule has 0 aliphatic carbocycles. The number of H-pyrrole nitrogens is 1. The summed E-state index contributed by atoms with van der Waals surface area (Å²) in [7, 11) is 2.04. The number of aromatic nitrogens is 1. The van der Waals surface area contributed by atoms with Gasteiger partial charge in [0.2, 0.25) is 0 Å². The number of carbonyl (C=O) groups is 2. The highest BCUT2D eigenvalue weighted by molar-refractivity contribution is 6.41. The van der Waals surface area contributed by atoms with E-state index < -0.39 is 17.9 Å². The van der Waals surface area contributed by atoms with Crippen LogP contribution in [0.4, 0.5) is 5.69 Å². The van der Waals surface area contributed by atoms with E-state index in [-0.39, 0.29) is 0 Å². The molecule has 6 rings (SSSR count). The molecule has 1 aromatic heterocycles. The van der Waals surface area contributed by atoms with Gasteiger partial charge in [0, 0.05) is 54.4 Å². The SMILES string of the molecule is CN1CCN(C(=O)C(=O)N2c3ccccc3-c3ccccc3C2c2c[nH]c3ccccc23)CC1. The number of rotatable bonds is 1. The van der Waals surface area contributed by atoms with Crippen molar-refractivity contribution in [3.8, 4) is 11.1 Å². The number of piperazine rings is 1. The normalized spacial score (nSPS) is 18.0. The molecule has 1 unspecified atom stereocenters. The van der Waals surface area contributed by atoms with Crippen molar-refractivity contribution >= 4 is 28.4 Å². The summed E-state index contributed by atoms with van der Waals surface area (Å²) in [6, 6.07) is 23.8. The predicted molar refractivity (Wildman–Crippen MR) is 134 cm³/mol. The molecule has 3 aromatic carbocycles. The molecular weight excluding hydrogens is 424 g/mol. The molecule has 4 aromatic rings. The van der Waals surface area contributed by atoms with Gasteiger partial charge in [-0.3, -0.25) is 14.5 Å². The molecule has 3 heterocycles. The fourth-order valence-corrected chi connectivity index (χ4v) is 5.27. The third-order valence-corrected chi connectivity index (χ3v) is 7.08. The van der Waals surface area contributed by atoms with E-state index >= 15 is 0 Å². The third-order valence-electron chi connectivity index (χ3n) is 7.08. The Morgan fingerprint density at radius 1 is 0.765 bits per heavy atom. The van der Waals surface area contributed by atoms with Crippen LogP contribution in [0.3, 0.4) is 0 Å². The highest BCUT2D eigenvalue weighted by Crippen LogP contribution is 2.48. The number of hydrogen-bond donors (Lipinski definition) is 1. The fraction of sp³-hybridized carbons (Fsp3) is 0.214. The standard InChI is InChI=1S/C28H26N4O2/c1-30-14-16-31(17-15-30)27(33)28(34)32-25-13-7-5-10-21(25)19-8-2-3-11-22(19)26(32)23-18-29-24-12-6-4-9-20(23)24/h2-13,18,26,29H,14-17H2,1H3. The van der Waals surface area contributed by atoms with Crippen molar-refractivity contribution in [1.82, 2.24) is 14.8 Å². The molecule has 1 fully saturated rings. The van der Waals surface area contributed by atoms with Crippen molar-refractivity contribution in [2.24, 2.45) is 0 Å². The van der Waals surface area contributed by atoms with E-state index in [0.29, 0.717) is 13.1 Å². The van der Waals surface area contributed by atoms with Gasteiger partial charge >= 0.3 is 11.8 Å². The highest BCUT2D eigenvalue weighted by Gasteiger charge is 2.40. The molecule has 0 spiro atoms. The van der Waals surface area contributed by atoms with Crippen LogP contribution in [-0.4, -0.2) is 59.8 Å². The topological polar surface area (TPSA) is 59.7 Å². The first-order valence-electron chi connectivity index (χ1n) is 11.7. The van der Waals surface area contributed by atoms with E-state index in [1.807, 2.05) is 67.8 Å². The van der Waals surface area contributed by atoms with Crippen LogP contribution in [-0.2, 0) is 9.59 Å². The summed E-state index contributed by atoms with van der Waals surface area (Å²) in [5.74, 6) is -0.922. The lowest BCUT2D eigenvalue weighted by atomic mass is 9.84. The molecule has 170 valence electrons. The highest BCUT2D eigenvalue weighted by atomic mass is 16.2. The predicted octanol–water partition coefficient (Wildman–Crippen LogP) is 4.04. The number of para-hydroxylation sites is 2. The molecule has 0 bridgehead atoms. The largest absolute Gasteiger partial charge is 0.361 e. The van der Waals surface area contributed by atoms with Crippen LogP contribution in [0.15, 0.2) is 79.0 Å². The van der Waals surface area contributed by atoms with Crippen molar-refractivity contribution in [2.45, 2.75) is 6.04 Å². The first-order chi connectivity index (χ1) is 16.6. The van der Waals surface area contributed by atoms with Crippen molar-refractivity contribution in [3.63, 3.8) is 0 Å². The van der Waals surface area contributed by atoms with Gasteiger partial charge in [-0.1, -0.05) is 60.7 Å². The molecule has 0 radical (unpaired) electrons. The zero-order valence-corrected chi connectivity index (χ0v) is 19.1. The minimum Gasteiger partial charge on any atom is -0.361 e. The fourth-order valence-electron chi connectivity index (χ4n) is 5.27. The lowest BCUT2D eigenvalue weighted by molar-refractivity contribution is -0.145. The summed E-state index contributed by atoms with van der Waals surface area (Å²) in [6.45, 7) is 2.66. The molecule has 6 nitrogen and oxygen atoms in total. The smallest absolute Gasteiger partial charge is 0.317 e. The van der Waals surface area contributed by atoms with Gasteiger partial charge in [0.15, 0.2) is 0 Å². The average molecular weight is 451 g/mol. The van der Waals surface area contributed by atoms with E-state index in [0.717, 1.165) is 51.9 Å². The molecule has 6 heteroatoms. The zero-order chi connectivity index (χ0) is 23.2. The number of likely N-dealkylation sites (N-methyl/N-ethyl adjacent to an activating group) is 1. The minimum absolute atomic E-state index is 0.411. The molecule has 34 heavy (non-hydrogen) atoms. The Labute approximate surface area is 198 Å². The maximum Gasteiger partial charge on any atom is 0.317 e. The van der Waals surface area contributed by atoms with Gasteiger partial charge in [0.1, 0.15) is 0 Å². The quantitative estimate of drug-likeness (QED) is 0.445. The molecule has 2 aliphatic heterocycles. The Hall–Kier alpha value is -3.90. The Morgan fingerprint density at radius 3 is 2.26 bits per heavy atom. The first kappa shape index (κ1) is 20.7. The number of aromatic amines is 1. The lowest BCUT2D eigenvalue weighted by Crippen LogP contribution is -2.53. The summed E-state index contributed by atoms with van der Waals surface area (Å²) < 4.78 is 0. The number of carbonyl (C=O) groups excluding carboxylic acids is 2. The summed E-state index contributed by atoms with van der Waals surface area (Å²) in [6.07, 6.45) is 1.97. The molecular formula is C28H26N4O2. The first-order valence-corrected chi connectivity index (χ1v) is 11.7. The van der Waals surface area contributed by atoms with Crippen LogP contribution in [0.1, 0.15) is 17.2 Å². The maximum atomic E-state index is 14.0. The Kier molecular flexibility index (Phi) is 4.96. The second kappa shape index (κ2) is 8.15. The van der Waals surface area contributed by atoms with Crippen LogP contribution in [0.25, 0.3) is 22.0 Å². The number of fused-ring (bicyclic) bond motifs is 4. The maximum absolute atomic E-state index is 14.0. The number of hydrogen-bond acceptors (Lipinski definition) is 3. The summed E-state index contributed by atoms with van der Waals surface area (Å²) in [5, 5.41) is 1.05. The van der Waals surface area contributed by atoms with Gasteiger partial charge in [-0.25, -0.2) is 0 Å². The van der Waals surface area contributed by atoms with Gasteiger partial charge < -0.3 is 14.8 Å². The van der Waals surface area contributed by atoms with Crippen molar-refractivity contribution < 1.29 is 9.59 Å². The lowest BCUT2D eigenvalue weighted by Gasteiger charge is -2.40. The molecule has 1 saturated heterocycles. The number of amides is 2. The minimum atomic E-state index is -0.484. The van der Waals surface area contributed by atoms with Crippen LogP contribution < -0.4 is 4.90 Å². The van der Waals surface area contributed by atoms with Gasteiger partial charge in [-0.05, 0) is 30.3 Å². The van der Waals surface area contributed by atoms with E-state index in [1.165, 1.54) is 0 Å². The van der Waals surface area contributed by atoms with Crippen LogP contribution in [0.2, 0.25) is 0 Å². The van der Waals surface area contributed by atoms with Crippen LogP contribution >= 0.6 is 0 Å². The molecule has 1 atom stereocenters. The van der Waals surface area contributed by atoms with E-state index in [2.05, 4.69) is 28.1 Å². The Balaban J connectivity index is 1.53.